The van der Waals surface area contributed by atoms with Crippen molar-refractivity contribution in [2.45, 2.75) is 96.1 Å². The zero-order valence-corrected chi connectivity index (χ0v) is 26.2. The van der Waals surface area contributed by atoms with Crippen molar-refractivity contribution < 1.29 is 38.0 Å². The summed E-state index contributed by atoms with van der Waals surface area (Å²) in [4.78, 5) is 29.5. The average molecular weight is 625 g/mol. The Hall–Kier alpha value is -3.51. The van der Waals surface area contributed by atoms with E-state index in [1.807, 2.05) is 81.4 Å². The molecule has 2 aromatic rings. The highest BCUT2D eigenvalue weighted by Gasteiger charge is 2.53. The molecule has 0 aromatic heterocycles. The number of ether oxygens (including phenoxy) is 6. The SMILES string of the molecule is CC[C@@H](C)CC(=O)O[C@@H]1C(NC(=O)C[C@@H](CC)OCc2ccccc2)[C@@H](OCCN=[N+]=[N-])OC2COC(c3ccccc3)O[C@H]21. The van der Waals surface area contributed by atoms with E-state index in [4.69, 9.17) is 34.0 Å². The Labute approximate surface area is 264 Å². The molecule has 2 fully saturated rings. The fourth-order valence-electron chi connectivity index (χ4n) is 5.23. The number of carbonyl (C=O) groups excluding carboxylic acids is 2. The van der Waals surface area contributed by atoms with Crippen LogP contribution in [0.4, 0.5) is 0 Å². The Morgan fingerprint density at radius 2 is 1.78 bits per heavy atom. The quantitative estimate of drug-likeness (QED) is 0.0861. The van der Waals surface area contributed by atoms with Crippen molar-refractivity contribution in [3.8, 4) is 0 Å². The molecule has 12 nitrogen and oxygen atoms in total. The van der Waals surface area contributed by atoms with E-state index in [2.05, 4.69) is 15.3 Å². The van der Waals surface area contributed by atoms with Gasteiger partial charge in [-0.2, -0.15) is 0 Å². The van der Waals surface area contributed by atoms with Gasteiger partial charge in [-0.15, -0.1) is 0 Å². The van der Waals surface area contributed by atoms with Crippen LogP contribution in [0.15, 0.2) is 65.8 Å². The van der Waals surface area contributed by atoms with Gasteiger partial charge in [0, 0.05) is 23.4 Å². The maximum atomic E-state index is 13.5. The molecule has 4 rings (SSSR count). The van der Waals surface area contributed by atoms with Crippen LogP contribution < -0.4 is 5.32 Å². The van der Waals surface area contributed by atoms with E-state index in [0.717, 1.165) is 17.5 Å². The number of hydrogen-bond acceptors (Lipinski definition) is 9. The highest BCUT2D eigenvalue weighted by atomic mass is 16.8. The molecule has 0 aliphatic carbocycles. The van der Waals surface area contributed by atoms with E-state index in [9.17, 15) is 9.59 Å². The second kappa shape index (κ2) is 17.8. The molecule has 2 aliphatic rings. The molecule has 2 aliphatic heterocycles. The molecule has 12 heteroatoms. The largest absolute Gasteiger partial charge is 0.457 e. The number of fused-ring (bicyclic) bond motifs is 1. The van der Waals surface area contributed by atoms with Gasteiger partial charge in [0.15, 0.2) is 18.7 Å². The van der Waals surface area contributed by atoms with Gasteiger partial charge in [0.2, 0.25) is 5.91 Å². The van der Waals surface area contributed by atoms with Gasteiger partial charge in [-0.05, 0) is 23.4 Å². The third-order valence-electron chi connectivity index (χ3n) is 7.95. The van der Waals surface area contributed by atoms with Crippen LogP contribution in [0.1, 0.15) is 63.9 Å². The summed E-state index contributed by atoms with van der Waals surface area (Å²) in [6, 6.07) is 18.3. The minimum absolute atomic E-state index is 0.0259. The standard InChI is InChI=1S/C33H44N4O8/c1-4-22(3)18-28(39)44-31-29(36-27(38)19-25(5-2)41-20-23-12-8-6-9-13-23)33(40-17-16-35-37-34)43-26-21-42-32(45-30(26)31)24-14-10-7-11-15-24/h6-15,22,25-26,29-33H,4-5,16-21H2,1-3H3,(H,36,38)/t22-,25-,26?,29?,30-,31-,32?,33+/m1/s1. The van der Waals surface area contributed by atoms with Gasteiger partial charge < -0.3 is 33.7 Å². The van der Waals surface area contributed by atoms with Crippen molar-refractivity contribution in [1.29, 1.82) is 0 Å². The first kappa shape index (κ1) is 34.4. The van der Waals surface area contributed by atoms with Crippen LogP contribution in [0.25, 0.3) is 10.4 Å². The first-order valence-corrected chi connectivity index (χ1v) is 15.7. The normalized spacial score (nSPS) is 25.7. The van der Waals surface area contributed by atoms with E-state index < -0.39 is 42.9 Å². The van der Waals surface area contributed by atoms with E-state index in [0.29, 0.717) is 13.0 Å². The predicted molar refractivity (Wildman–Crippen MR) is 164 cm³/mol. The van der Waals surface area contributed by atoms with Gasteiger partial charge in [0.25, 0.3) is 0 Å². The zero-order chi connectivity index (χ0) is 32.0. The van der Waals surface area contributed by atoms with Crippen LogP contribution in [0.5, 0.6) is 0 Å². The van der Waals surface area contributed by atoms with Crippen LogP contribution in [0, 0.1) is 5.92 Å². The maximum absolute atomic E-state index is 13.5. The molecule has 1 N–H and O–H groups in total. The number of azide groups is 1. The molecule has 0 bridgehead atoms. The Morgan fingerprint density at radius 3 is 2.47 bits per heavy atom. The minimum Gasteiger partial charge on any atom is -0.457 e. The van der Waals surface area contributed by atoms with Crippen molar-refractivity contribution in [3.05, 3.63) is 82.2 Å². The van der Waals surface area contributed by atoms with Gasteiger partial charge in [0.05, 0.1) is 32.3 Å². The third-order valence-corrected chi connectivity index (χ3v) is 7.95. The van der Waals surface area contributed by atoms with Crippen LogP contribution in [-0.2, 0) is 44.6 Å². The molecule has 8 atom stereocenters. The lowest BCUT2D eigenvalue weighted by Crippen LogP contribution is -2.68. The van der Waals surface area contributed by atoms with Crippen molar-refractivity contribution >= 4 is 11.9 Å². The number of nitrogens with zero attached hydrogens (tertiary/aromatic N) is 3. The molecular weight excluding hydrogens is 580 g/mol. The van der Waals surface area contributed by atoms with Crippen molar-refractivity contribution in [2.24, 2.45) is 11.0 Å². The smallest absolute Gasteiger partial charge is 0.306 e. The molecule has 244 valence electrons. The molecule has 0 spiro atoms. The second-order valence-corrected chi connectivity index (χ2v) is 11.3. The van der Waals surface area contributed by atoms with Gasteiger partial charge in [0.1, 0.15) is 18.2 Å². The van der Waals surface area contributed by atoms with Crippen LogP contribution in [0.2, 0.25) is 0 Å². The van der Waals surface area contributed by atoms with Gasteiger partial charge in [-0.1, -0.05) is 93.0 Å². The second-order valence-electron chi connectivity index (χ2n) is 11.3. The van der Waals surface area contributed by atoms with Crippen LogP contribution in [-0.4, -0.2) is 68.4 Å². The summed E-state index contributed by atoms with van der Waals surface area (Å²) < 4.78 is 36.8. The average Bonchev–Trinajstić information content (AvgIpc) is 3.06. The Kier molecular flexibility index (Phi) is 13.6. The summed E-state index contributed by atoms with van der Waals surface area (Å²) in [5, 5.41) is 6.55. The summed E-state index contributed by atoms with van der Waals surface area (Å²) in [5.41, 5.74) is 10.5. The number of nitrogens with one attached hydrogen (secondary N) is 1. The Morgan fingerprint density at radius 1 is 1.04 bits per heavy atom. The fourth-order valence-corrected chi connectivity index (χ4v) is 5.23. The van der Waals surface area contributed by atoms with Crippen LogP contribution in [0.3, 0.4) is 0 Å². The third kappa shape index (κ3) is 10.3. The highest BCUT2D eigenvalue weighted by Crippen LogP contribution is 2.36. The predicted octanol–water partition coefficient (Wildman–Crippen LogP) is 5.37. The lowest BCUT2D eigenvalue weighted by molar-refractivity contribution is -0.344. The van der Waals surface area contributed by atoms with Crippen molar-refractivity contribution in [3.63, 3.8) is 0 Å². The highest BCUT2D eigenvalue weighted by molar-refractivity contribution is 5.77. The maximum Gasteiger partial charge on any atom is 0.306 e. The first-order valence-electron chi connectivity index (χ1n) is 15.7. The molecule has 1 amide bonds. The molecule has 2 saturated heterocycles. The molecular formula is C33H44N4O8. The van der Waals surface area contributed by atoms with E-state index in [1.54, 1.807) is 0 Å². The summed E-state index contributed by atoms with van der Waals surface area (Å²) >= 11 is 0. The lowest BCUT2D eigenvalue weighted by Gasteiger charge is -2.49. The van der Waals surface area contributed by atoms with E-state index in [-0.39, 0.29) is 50.5 Å². The van der Waals surface area contributed by atoms with Crippen LogP contribution >= 0.6 is 0 Å². The zero-order valence-electron chi connectivity index (χ0n) is 26.2. The van der Waals surface area contributed by atoms with Crippen molar-refractivity contribution in [1.82, 2.24) is 5.32 Å². The Balaban J connectivity index is 1.55. The van der Waals surface area contributed by atoms with E-state index >= 15 is 0 Å². The summed E-state index contributed by atoms with van der Waals surface area (Å²) in [7, 11) is 0. The summed E-state index contributed by atoms with van der Waals surface area (Å²) in [5.74, 6) is -0.622. The first-order chi connectivity index (χ1) is 21.9. The van der Waals surface area contributed by atoms with Gasteiger partial charge in [-0.3, -0.25) is 9.59 Å². The Bertz CT molecular complexity index is 1250. The number of hydrogen-bond donors (Lipinski definition) is 1. The summed E-state index contributed by atoms with van der Waals surface area (Å²) in [6.07, 6.45) is -2.76. The number of amides is 1. The monoisotopic (exact) mass is 624 g/mol. The minimum atomic E-state index is -1.03. The molecule has 0 saturated carbocycles. The molecule has 45 heavy (non-hydrogen) atoms. The number of benzene rings is 2. The fraction of sp³-hybridized carbons (Fsp3) is 0.576. The molecule has 2 aromatic carbocycles. The number of carbonyl (C=O) groups is 2. The van der Waals surface area contributed by atoms with Crippen molar-refractivity contribution in [2.75, 3.05) is 19.8 Å². The number of rotatable bonds is 16. The topological polar surface area (TPSA) is 150 Å². The molecule has 3 unspecified atom stereocenters. The number of esters is 1. The molecule has 2 heterocycles. The van der Waals surface area contributed by atoms with Gasteiger partial charge >= 0.3 is 5.97 Å². The van der Waals surface area contributed by atoms with Gasteiger partial charge in [-0.25, -0.2) is 0 Å². The molecule has 0 radical (unpaired) electrons. The lowest BCUT2D eigenvalue weighted by atomic mass is 9.94. The van der Waals surface area contributed by atoms with E-state index in [1.165, 1.54) is 0 Å². The summed E-state index contributed by atoms with van der Waals surface area (Å²) in [6.45, 7) is 6.54.